The van der Waals surface area contributed by atoms with Crippen LogP contribution in [0.4, 0.5) is 0 Å². The number of benzene rings is 4. The smallest absolute Gasteiger partial charge is 0.0381 e. The molecule has 0 fully saturated rings. The minimum Gasteiger partial charge on any atom is -0.107 e. The number of hydrogen-bond acceptors (Lipinski definition) is 0. The molecule has 0 aromatic heterocycles. The Kier molecular flexibility index (Phi) is 16.6. The first-order chi connectivity index (χ1) is 28.0. The molecular weight excluding hydrogens is 928 g/mol. The fraction of sp³-hybridized carbons (Fsp3) is 0.400. The Morgan fingerprint density at radius 2 is 0.508 bits per heavy atom. The van der Waals surface area contributed by atoms with E-state index in [1.165, 1.54) is 134 Å². The molecule has 0 heterocycles. The Morgan fingerprint density at radius 3 is 0.689 bits per heavy atom. The Bertz CT molecular complexity index is 2260. The van der Waals surface area contributed by atoms with Crippen LogP contribution in [-0.4, -0.2) is 27.3 Å². The third-order valence-corrected chi connectivity index (χ3v) is 12.5. The summed E-state index contributed by atoms with van der Waals surface area (Å²) in [5, 5.41) is 0. The summed E-state index contributed by atoms with van der Waals surface area (Å²) >= 11 is 0. The molecule has 6 rings (SSSR count). The fourth-order valence-corrected chi connectivity index (χ4v) is 10.1. The monoisotopic (exact) mass is 1010 g/mol. The van der Waals surface area contributed by atoms with Crippen LogP contribution >= 0.6 is 0 Å². The van der Waals surface area contributed by atoms with E-state index in [0.717, 1.165) is 0 Å². The summed E-state index contributed by atoms with van der Waals surface area (Å²) in [6.07, 6.45) is 4.93. The summed E-state index contributed by atoms with van der Waals surface area (Å²) in [6, 6.07) is 18.4. The molecule has 0 saturated heterocycles. The Morgan fingerprint density at radius 1 is 0.311 bits per heavy atom. The van der Waals surface area contributed by atoms with Crippen molar-refractivity contribution in [3.63, 3.8) is 0 Å². The minimum absolute atomic E-state index is 0. The maximum atomic E-state index is 3.98. The summed E-state index contributed by atoms with van der Waals surface area (Å²) < 4.78 is 0. The van der Waals surface area contributed by atoms with Gasteiger partial charge in [-0.25, -0.2) is 0 Å². The van der Waals surface area contributed by atoms with Crippen LogP contribution < -0.4 is 0 Å². The average molecular weight is 1010 g/mol. The van der Waals surface area contributed by atoms with E-state index in [2.05, 4.69) is 211 Å². The van der Waals surface area contributed by atoms with Gasteiger partial charge in [0.05, 0.1) is 0 Å². The molecule has 4 aromatic rings. The molecule has 4 aromatic carbocycles. The van der Waals surface area contributed by atoms with Crippen molar-refractivity contribution >= 4 is 49.6 Å². The molecule has 6 radical (unpaired) electrons. The summed E-state index contributed by atoms with van der Waals surface area (Å²) in [4.78, 5) is 0. The van der Waals surface area contributed by atoms with Crippen molar-refractivity contribution in [2.45, 2.75) is 138 Å². The molecule has 0 N–H and O–H groups in total. The van der Waals surface area contributed by atoms with Gasteiger partial charge >= 0.3 is 0 Å². The topological polar surface area (TPSA) is 0 Å². The van der Waals surface area contributed by atoms with Gasteiger partial charge in [0, 0.05) is 64.3 Å². The minimum atomic E-state index is 0. The quantitative estimate of drug-likeness (QED) is 0.122. The zero-order chi connectivity index (χ0) is 44.7. The second-order valence-corrected chi connectivity index (χ2v) is 19.6. The second-order valence-electron chi connectivity index (χ2n) is 19.6. The van der Waals surface area contributed by atoms with Crippen LogP contribution in [0.15, 0.2) is 83.3 Å². The molecular formula is C60H78Pb. The van der Waals surface area contributed by atoms with E-state index in [1.807, 2.05) is 0 Å². The fourth-order valence-electron chi connectivity index (χ4n) is 10.1. The Labute approximate surface area is 396 Å². The number of rotatable bonds is 8. The second kappa shape index (κ2) is 20.2. The van der Waals surface area contributed by atoms with Crippen molar-refractivity contribution in [3.8, 4) is 0 Å². The van der Waals surface area contributed by atoms with E-state index in [4.69, 9.17) is 0 Å². The molecule has 2 aliphatic rings. The van der Waals surface area contributed by atoms with E-state index in [9.17, 15) is 0 Å². The molecule has 0 bridgehead atoms. The molecule has 2 aliphatic carbocycles. The van der Waals surface area contributed by atoms with Crippen LogP contribution in [0.25, 0.3) is 22.3 Å². The first-order valence-corrected chi connectivity index (χ1v) is 22.5. The zero-order valence-electron chi connectivity index (χ0n) is 41.6. The van der Waals surface area contributed by atoms with Crippen LogP contribution in [0.1, 0.15) is 147 Å². The normalized spacial score (nSPS) is 14.6. The summed E-state index contributed by atoms with van der Waals surface area (Å²) in [6.45, 7) is 45.1. The summed E-state index contributed by atoms with van der Waals surface area (Å²) in [5.74, 6) is 4.59. The maximum Gasteiger partial charge on any atom is 0.0381 e. The molecule has 0 saturated carbocycles. The number of aryl methyl sites for hydroxylation is 12. The zero-order valence-corrected chi connectivity index (χ0v) is 45.5. The number of hydrogen-bond donors (Lipinski definition) is 0. The molecule has 322 valence electrons. The molecule has 0 atom stereocenters. The van der Waals surface area contributed by atoms with Gasteiger partial charge in [-0.15, -0.1) is 11.5 Å². The van der Waals surface area contributed by atoms with Crippen LogP contribution in [0.3, 0.4) is 0 Å². The van der Waals surface area contributed by atoms with Gasteiger partial charge in [0.2, 0.25) is 0 Å². The van der Waals surface area contributed by atoms with Crippen LogP contribution in [-0.2, 0) is 0 Å². The van der Waals surface area contributed by atoms with Gasteiger partial charge in [-0.1, -0.05) is 138 Å². The van der Waals surface area contributed by atoms with Crippen LogP contribution in [0.5, 0.6) is 0 Å². The molecule has 0 spiro atoms. The molecule has 61 heavy (non-hydrogen) atoms. The largest absolute Gasteiger partial charge is 0.107 e. The van der Waals surface area contributed by atoms with E-state index in [1.54, 1.807) is 0 Å². The first kappa shape index (κ1) is 50.0. The Balaban J connectivity index is 0.000000414. The van der Waals surface area contributed by atoms with E-state index >= 15 is 0 Å². The van der Waals surface area contributed by atoms with Crippen molar-refractivity contribution in [2.24, 2.45) is 23.7 Å². The predicted molar refractivity (Wildman–Crippen MR) is 275 cm³/mol. The van der Waals surface area contributed by atoms with Gasteiger partial charge in [0.15, 0.2) is 0 Å². The predicted octanol–water partition coefficient (Wildman–Crippen LogP) is 17.0. The SMILES string of the molecule is Cc1cc(C)c(C2=C=C(c3c(C)cc(C)cc3C)C(C(C)C)=C[C]2C(C)C)c(C)c1.Cc1cc(C)c(C2=C=C(c3c(C)cc(C)cc3C)C(C(C)C)=C[C]2C(C)C)c(C)c1.[HH].[HH].[Pb]. The first-order valence-electron chi connectivity index (χ1n) is 22.5. The van der Waals surface area contributed by atoms with E-state index in [-0.39, 0.29) is 30.2 Å². The Hall–Kier alpha value is -3.68. The maximum absolute atomic E-state index is 3.98. The molecule has 1 heteroatoms. The third-order valence-electron chi connectivity index (χ3n) is 12.5. The van der Waals surface area contributed by atoms with E-state index < -0.39 is 0 Å². The third kappa shape index (κ3) is 10.8. The average Bonchev–Trinajstić information content (AvgIpc) is 3.10. The van der Waals surface area contributed by atoms with Gasteiger partial charge in [0.25, 0.3) is 0 Å². The van der Waals surface area contributed by atoms with Crippen molar-refractivity contribution in [3.05, 3.63) is 184 Å². The van der Waals surface area contributed by atoms with Gasteiger partial charge in [-0.2, -0.15) is 0 Å². The summed E-state index contributed by atoms with van der Waals surface area (Å²) in [5.41, 5.74) is 37.3. The molecule has 0 nitrogen and oxygen atoms in total. The van der Waals surface area contributed by atoms with Crippen molar-refractivity contribution in [1.29, 1.82) is 0 Å². The van der Waals surface area contributed by atoms with Gasteiger partial charge in [0.1, 0.15) is 0 Å². The molecule has 0 amide bonds. The van der Waals surface area contributed by atoms with Crippen molar-refractivity contribution in [2.75, 3.05) is 0 Å². The standard InChI is InChI=1S/2C30H37.Pb.2H2/c2*1-17(2)25-15-26(18(3)4)28(30-23(9)13-20(6)14-24(30)10)16-27(25)29-21(7)11-19(5)12-22(29)8;;;/h2*11-15,17-18H,1-10H3;;2*1H. The van der Waals surface area contributed by atoms with Crippen molar-refractivity contribution in [1.82, 2.24) is 0 Å². The number of allylic oxidation sites excluding steroid dienone is 6. The molecule has 0 unspecified atom stereocenters. The van der Waals surface area contributed by atoms with Crippen LogP contribution in [0.2, 0.25) is 0 Å². The molecule has 0 aliphatic heterocycles. The van der Waals surface area contributed by atoms with E-state index in [0.29, 0.717) is 23.7 Å². The van der Waals surface area contributed by atoms with Crippen molar-refractivity contribution < 1.29 is 2.85 Å². The van der Waals surface area contributed by atoms with Gasteiger partial charge in [-0.3, -0.25) is 0 Å². The summed E-state index contributed by atoms with van der Waals surface area (Å²) in [7, 11) is 0. The van der Waals surface area contributed by atoms with Crippen LogP contribution in [0, 0.1) is 119 Å². The van der Waals surface area contributed by atoms with Gasteiger partial charge < -0.3 is 0 Å². The van der Waals surface area contributed by atoms with Gasteiger partial charge in [-0.05, 0) is 185 Å².